The van der Waals surface area contributed by atoms with Gasteiger partial charge in [0.2, 0.25) is 10.0 Å². The normalized spacial score (nSPS) is 15.4. The highest BCUT2D eigenvalue weighted by Crippen LogP contribution is 2.22. The third-order valence-corrected chi connectivity index (χ3v) is 6.25. The SMILES string of the molecule is O=S(=O)(c1cccc(NC(=S)Nc2ccccc2Cl)c1)N1CCOCC1. The number of para-hydroxylation sites is 1. The summed E-state index contributed by atoms with van der Waals surface area (Å²) in [5.74, 6) is 0. The predicted octanol–water partition coefficient (Wildman–Crippen LogP) is 3.17. The van der Waals surface area contributed by atoms with Crippen molar-refractivity contribution in [3.8, 4) is 0 Å². The highest BCUT2D eigenvalue weighted by Gasteiger charge is 2.26. The second-order valence-electron chi connectivity index (χ2n) is 5.60. The summed E-state index contributed by atoms with van der Waals surface area (Å²) in [6, 6.07) is 13.8. The topological polar surface area (TPSA) is 70.7 Å². The Hall–Kier alpha value is -1.71. The van der Waals surface area contributed by atoms with E-state index in [9.17, 15) is 8.42 Å². The number of ether oxygens (including phenoxy) is 1. The number of rotatable bonds is 4. The van der Waals surface area contributed by atoms with Crippen LogP contribution in [0.25, 0.3) is 0 Å². The number of hydrogen-bond donors (Lipinski definition) is 2. The summed E-state index contributed by atoms with van der Waals surface area (Å²) in [6.07, 6.45) is 0. The first-order valence-corrected chi connectivity index (χ1v) is 10.2. The number of sulfonamides is 1. The smallest absolute Gasteiger partial charge is 0.243 e. The molecule has 1 aliphatic rings. The first-order chi connectivity index (χ1) is 12.5. The molecule has 0 saturated carbocycles. The molecule has 1 saturated heterocycles. The maximum atomic E-state index is 12.7. The van der Waals surface area contributed by atoms with Crippen LogP contribution in [0.4, 0.5) is 11.4 Å². The minimum atomic E-state index is -3.56. The fourth-order valence-electron chi connectivity index (χ4n) is 2.52. The van der Waals surface area contributed by atoms with Crippen LogP contribution in [0.5, 0.6) is 0 Å². The minimum absolute atomic E-state index is 0.213. The lowest BCUT2D eigenvalue weighted by molar-refractivity contribution is 0.0730. The summed E-state index contributed by atoms with van der Waals surface area (Å²) in [5, 5.41) is 6.84. The summed E-state index contributed by atoms with van der Waals surface area (Å²) in [6.45, 7) is 1.52. The van der Waals surface area contributed by atoms with Crippen LogP contribution in [0, 0.1) is 0 Å². The molecule has 2 N–H and O–H groups in total. The van der Waals surface area contributed by atoms with E-state index in [-0.39, 0.29) is 4.90 Å². The molecule has 2 aromatic rings. The van der Waals surface area contributed by atoms with Gasteiger partial charge in [-0.05, 0) is 42.5 Å². The fourth-order valence-corrected chi connectivity index (χ4v) is 4.38. The molecule has 0 aromatic heterocycles. The van der Waals surface area contributed by atoms with Crippen LogP contribution < -0.4 is 10.6 Å². The lowest BCUT2D eigenvalue weighted by atomic mass is 10.3. The van der Waals surface area contributed by atoms with Crippen molar-refractivity contribution >= 4 is 50.3 Å². The van der Waals surface area contributed by atoms with Crippen LogP contribution in [0.2, 0.25) is 5.02 Å². The molecular weight excluding hydrogens is 394 g/mol. The van der Waals surface area contributed by atoms with Gasteiger partial charge in [0.1, 0.15) is 0 Å². The van der Waals surface area contributed by atoms with Crippen molar-refractivity contribution in [2.75, 3.05) is 36.9 Å². The Balaban J connectivity index is 1.73. The van der Waals surface area contributed by atoms with Crippen molar-refractivity contribution < 1.29 is 13.2 Å². The second kappa shape index (κ2) is 8.32. The zero-order valence-corrected chi connectivity index (χ0v) is 16.2. The zero-order valence-electron chi connectivity index (χ0n) is 13.8. The Bertz CT molecular complexity index is 900. The molecular formula is C17H18ClN3O3S2. The Morgan fingerprint density at radius 2 is 1.81 bits per heavy atom. The molecule has 0 radical (unpaired) electrons. The van der Waals surface area contributed by atoms with Crippen LogP contribution >= 0.6 is 23.8 Å². The summed E-state index contributed by atoms with van der Waals surface area (Å²) < 4.78 is 32.1. The van der Waals surface area contributed by atoms with Gasteiger partial charge in [-0.3, -0.25) is 0 Å². The fraction of sp³-hybridized carbons (Fsp3) is 0.235. The number of morpholine rings is 1. The van der Waals surface area contributed by atoms with Crippen molar-refractivity contribution in [2.24, 2.45) is 0 Å². The summed E-state index contributed by atoms with van der Waals surface area (Å²) in [7, 11) is -3.56. The third-order valence-electron chi connectivity index (χ3n) is 3.82. The number of halogens is 1. The lowest BCUT2D eigenvalue weighted by Crippen LogP contribution is -2.40. The van der Waals surface area contributed by atoms with E-state index in [4.69, 9.17) is 28.6 Å². The first-order valence-electron chi connectivity index (χ1n) is 7.97. The van der Waals surface area contributed by atoms with Gasteiger partial charge in [0.05, 0.1) is 28.8 Å². The van der Waals surface area contributed by atoms with E-state index in [1.54, 1.807) is 36.4 Å². The molecule has 1 heterocycles. The highest BCUT2D eigenvalue weighted by atomic mass is 35.5. The minimum Gasteiger partial charge on any atom is -0.379 e. The van der Waals surface area contributed by atoms with E-state index in [2.05, 4.69) is 10.6 Å². The van der Waals surface area contributed by atoms with E-state index in [0.29, 0.717) is 47.8 Å². The molecule has 0 aliphatic carbocycles. The van der Waals surface area contributed by atoms with E-state index < -0.39 is 10.0 Å². The Labute approximate surface area is 163 Å². The van der Waals surface area contributed by atoms with Crippen molar-refractivity contribution in [3.63, 3.8) is 0 Å². The van der Waals surface area contributed by atoms with Crippen LogP contribution in [0.1, 0.15) is 0 Å². The Morgan fingerprint density at radius 3 is 2.54 bits per heavy atom. The average Bonchev–Trinajstić information content (AvgIpc) is 2.64. The molecule has 0 amide bonds. The molecule has 6 nitrogen and oxygen atoms in total. The third kappa shape index (κ3) is 4.52. The molecule has 2 aromatic carbocycles. The van der Waals surface area contributed by atoms with Gasteiger partial charge in [-0.2, -0.15) is 4.31 Å². The van der Waals surface area contributed by atoms with Crippen LogP contribution in [-0.2, 0) is 14.8 Å². The van der Waals surface area contributed by atoms with Crippen molar-refractivity contribution in [1.82, 2.24) is 4.31 Å². The number of anilines is 2. The van der Waals surface area contributed by atoms with Gasteiger partial charge in [0.15, 0.2) is 5.11 Å². The molecule has 3 rings (SSSR count). The van der Waals surface area contributed by atoms with E-state index in [0.717, 1.165) is 0 Å². The molecule has 0 spiro atoms. The standard InChI is InChI=1S/C17H18ClN3O3S2/c18-15-6-1-2-7-16(15)20-17(25)19-13-4-3-5-14(12-13)26(22,23)21-8-10-24-11-9-21/h1-7,12H,8-11H2,(H2,19,20,25). The summed E-state index contributed by atoms with van der Waals surface area (Å²) in [5.41, 5.74) is 1.24. The molecule has 138 valence electrons. The molecule has 1 aliphatic heterocycles. The number of nitrogens with one attached hydrogen (secondary N) is 2. The quantitative estimate of drug-likeness (QED) is 0.753. The van der Waals surface area contributed by atoms with Gasteiger partial charge in [-0.25, -0.2) is 8.42 Å². The second-order valence-corrected chi connectivity index (χ2v) is 8.36. The molecule has 0 bridgehead atoms. The van der Waals surface area contributed by atoms with Crippen LogP contribution in [0.3, 0.4) is 0 Å². The molecule has 26 heavy (non-hydrogen) atoms. The first kappa shape index (κ1) is 19.1. The van der Waals surface area contributed by atoms with Gasteiger partial charge in [0.25, 0.3) is 0 Å². The highest BCUT2D eigenvalue weighted by molar-refractivity contribution is 7.89. The van der Waals surface area contributed by atoms with E-state index in [1.165, 1.54) is 4.31 Å². The monoisotopic (exact) mass is 411 g/mol. The van der Waals surface area contributed by atoms with Crippen molar-refractivity contribution in [2.45, 2.75) is 4.90 Å². The van der Waals surface area contributed by atoms with Gasteiger partial charge in [-0.15, -0.1) is 0 Å². The van der Waals surface area contributed by atoms with Crippen molar-refractivity contribution in [1.29, 1.82) is 0 Å². The average molecular weight is 412 g/mol. The van der Waals surface area contributed by atoms with Crippen molar-refractivity contribution in [3.05, 3.63) is 53.6 Å². The van der Waals surface area contributed by atoms with E-state index >= 15 is 0 Å². The van der Waals surface area contributed by atoms with Gasteiger partial charge in [-0.1, -0.05) is 29.8 Å². The molecule has 1 fully saturated rings. The molecule has 0 unspecified atom stereocenters. The summed E-state index contributed by atoms with van der Waals surface area (Å²) in [4.78, 5) is 0.213. The summed E-state index contributed by atoms with van der Waals surface area (Å²) >= 11 is 11.4. The lowest BCUT2D eigenvalue weighted by Gasteiger charge is -2.26. The number of benzene rings is 2. The van der Waals surface area contributed by atoms with Gasteiger partial charge >= 0.3 is 0 Å². The predicted molar refractivity (Wildman–Crippen MR) is 107 cm³/mol. The number of nitrogens with zero attached hydrogens (tertiary/aromatic N) is 1. The Morgan fingerprint density at radius 1 is 1.08 bits per heavy atom. The maximum Gasteiger partial charge on any atom is 0.243 e. The number of thiocarbonyl (C=S) groups is 1. The van der Waals surface area contributed by atoms with Crippen LogP contribution in [0.15, 0.2) is 53.4 Å². The van der Waals surface area contributed by atoms with Gasteiger partial charge in [0, 0.05) is 18.8 Å². The van der Waals surface area contributed by atoms with Gasteiger partial charge < -0.3 is 15.4 Å². The number of hydrogen-bond acceptors (Lipinski definition) is 4. The maximum absolute atomic E-state index is 12.7. The van der Waals surface area contributed by atoms with Crippen LogP contribution in [-0.4, -0.2) is 44.1 Å². The molecule has 0 atom stereocenters. The zero-order chi connectivity index (χ0) is 18.6. The Kier molecular flexibility index (Phi) is 6.10. The van der Waals surface area contributed by atoms with E-state index in [1.807, 2.05) is 12.1 Å². The largest absolute Gasteiger partial charge is 0.379 e. The molecule has 9 heteroatoms.